The quantitative estimate of drug-likeness (QED) is 0.603. The van der Waals surface area contributed by atoms with Gasteiger partial charge in [-0.2, -0.15) is 0 Å². The zero-order chi connectivity index (χ0) is 14.9. The van der Waals surface area contributed by atoms with Crippen LogP contribution >= 0.6 is 22.7 Å². The predicted molar refractivity (Wildman–Crippen MR) is 94.5 cm³/mol. The molecule has 0 aliphatic rings. The van der Waals surface area contributed by atoms with Crippen LogP contribution in [0.25, 0.3) is 0 Å². The number of nitrogens with zero attached hydrogens (tertiary/aromatic N) is 1. The second-order valence-electron chi connectivity index (χ2n) is 4.67. The highest BCUT2D eigenvalue weighted by molar-refractivity contribution is 7.12. The SMILES string of the molecule is CCNC(=NCc1ccc(CC)s1)NCCc1cccs1. The van der Waals surface area contributed by atoms with Crippen molar-refractivity contribution in [1.29, 1.82) is 0 Å². The molecule has 21 heavy (non-hydrogen) atoms. The highest BCUT2D eigenvalue weighted by atomic mass is 32.1. The third kappa shape index (κ3) is 5.52. The Morgan fingerprint density at radius 1 is 1.10 bits per heavy atom. The van der Waals surface area contributed by atoms with Crippen LogP contribution in [-0.4, -0.2) is 19.0 Å². The van der Waals surface area contributed by atoms with Crippen LogP contribution in [0.2, 0.25) is 0 Å². The molecule has 2 N–H and O–H groups in total. The maximum Gasteiger partial charge on any atom is 0.191 e. The molecule has 0 aromatic carbocycles. The third-order valence-corrected chi connectivity index (χ3v) is 5.20. The van der Waals surface area contributed by atoms with Gasteiger partial charge in [0.25, 0.3) is 0 Å². The van der Waals surface area contributed by atoms with E-state index < -0.39 is 0 Å². The standard InChI is InChI=1S/C16H23N3S2/c1-3-13-7-8-15(21-13)12-19-16(17-4-2)18-10-9-14-6-5-11-20-14/h5-8,11H,3-4,9-10,12H2,1-2H3,(H2,17,18,19). The third-order valence-electron chi connectivity index (χ3n) is 3.05. The molecule has 2 heterocycles. The Hall–Kier alpha value is -1.33. The summed E-state index contributed by atoms with van der Waals surface area (Å²) in [6.45, 7) is 6.83. The van der Waals surface area contributed by atoms with Crippen LogP contribution in [0.3, 0.4) is 0 Å². The number of hydrogen-bond acceptors (Lipinski definition) is 3. The largest absolute Gasteiger partial charge is 0.357 e. The van der Waals surface area contributed by atoms with Crippen molar-refractivity contribution in [2.75, 3.05) is 13.1 Å². The minimum atomic E-state index is 0.749. The lowest BCUT2D eigenvalue weighted by molar-refractivity contribution is 0.806. The Bertz CT molecular complexity index is 544. The van der Waals surface area contributed by atoms with Gasteiger partial charge in [0, 0.05) is 27.7 Å². The van der Waals surface area contributed by atoms with Crippen LogP contribution in [-0.2, 0) is 19.4 Å². The van der Waals surface area contributed by atoms with Gasteiger partial charge in [-0.05, 0) is 43.3 Å². The molecule has 0 saturated heterocycles. The highest BCUT2D eigenvalue weighted by Gasteiger charge is 2.01. The fraction of sp³-hybridized carbons (Fsp3) is 0.438. The summed E-state index contributed by atoms with van der Waals surface area (Å²) in [6, 6.07) is 8.66. The van der Waals surface area contributed by atoms with Crippen LogP contribution in [0.4, 0.5) is 0 Å². The lowest BCUT2D eigenvalue weighted by atomic mass is 10.3. The van der Waals surface area contributed by atoms with Gasteiger partial charge in [-0.1, -0.05) is 13.0 Å². The minimum Gasteiger partial charge on any atom is -0.357 e. The Balaban J connectivity index is 1.83. The average Bonchev–Trinajstić information content (AvgIpc) is 3.16. The molecule has 0 saturated carbocycles. The van der Waals surface area contributed by atoms with Crippen molar-refractivity contribution in [2.24, 2.45) is 4.99 Å². The molecule has 0 fully saturated rings. The first-order valence-electron chi connectivity index (χ1n) is 7.44. The van der Waals surface area contributed by atoms with Gasteiger partial charge < -0.3 is 10.6 Å². The van der Waals surface area contributed by atoms with Gasteiger partial charge in [-0.3, -0.25) is 0 Å². The van der Waals surface area contributed by atoms with Crippen LogP contribution in [0.1, 0.15) is 28.5 Å². The van der Waals surface area contributed by atoms with E-state index in [1.54, 1.807) is 11.3 Å². The van der Waals surface area contributed by atoms with E-state index in [4.69, 9.17) is 0 Å². The summed E-state index contributed by atoms with van der Waals surface area (Å²) in [6.07, 6.45) is 2.15. The number of hydrogen-bond donors (Lipinski definition) is 2. The van der Waals surface area contributed by atoms with Crippen LogP contribution in [0.15, 0.2) is 34.6 Å². The van der Waals surface area contributed by atoms with Gasteiger partial charge in [-0.25, -0.2) is 4.99 Å². The van der Waals surface area contributed by atoms with E-state index in [9.17, 15) is 0 Å². The molecule has 0 spiro atoms. The van der Waals surface area contributed by atoms with Crippen molar-refractivity contribution in [3.63, 3.8) is 0 Å². The van der Waals surface area contributed by atoms with E-state index in [2.05, 4.69) is 59.1 Å². The summed E-state index contributed by atoms with van der Waals surface area (Å²) in [5, 5.41) is 8.82. The summed E-state index contributed by atoms with van der Waals surface area (Å²) in [5.74, 6) is 0.903. The topological polar surface area (TPSA) is 36.4 Å². The molecular formula is C16H23N3S2. The molecule has 5 heteroatoms. The molecule has 2 aromatic heterocycles. The van der Waals surface area contributed by atoms with Gasteiger partial charge in [0.2, 0.25) is 0 Å². The lowest BCUT2D eigenvalue weighted by Gasteiger charge is -2.10. The molecule has 2 rings (SSSR count). The number of aryl methyl sites for hydroxylation is 1. The molecule has 0 atom stereocenters. The Morgan fingerprint density at radius 3 is 2.62 bits per heavy atom. The van der Waals surface area contributed by atoms with Gasteiger partial charge in [-0.15, -0.1) is 22.7 Å². The second-order valence-corrected chi connectivity index (χ2v) is 6.96. The van der Waals surface area contributed by atoms with E-state index in [0.29, 0.717) is 0 Å². The minimum absolute atomic E-state index is 0.749. The Morgan fingerprint density at radius 2 is 1.95 bits per heavy atom. The van der Waals surface area contributed by atoms with Crippen molar-refractivity contribution >= 4 is 28.6 Å². The normalized spacial score (nSPS) is 11.6. The van der Waals surface area contributed by atoms with Gasteiger partial charge >= 0.3 is 0 Å². The predicted octanol–water partition coefficient (Wildman–Crippen LogP) is 3.67. The number of thiophene rings is 2. The highest BCUT2D eigenvalue weighted by Crippen LogP contribution is 2.17. The summed E-state index contributed by atoms with van der Waals surface area (Å²) >= 11 is 3.66. The first kappa shape index (κ1) is 16.0. The molecule has 114 valence electrons. The van der Waals surface area contributed by atoms with Gasteiger partial charge in [0.1, 0.15) is 0 Å². The Kier molecular flexibility index (Phi) is 6.76. The van der Waals surface area contributed by atoms with Crippen LogP contribution in [0.5, 0.6) is 0 Å². The van der Waals surface area contributed by atoms with Crippen LogP contribution < -0.4 is 10.6 Å². The number of guanidine groups is 1. The zero-order valence-electron chi connectivity index (χ0n) is 12.7. The van der Waals surface area contributed by atoms with E-state index >= 15 is 0 Å². The van der Waals surface area contributed by atoms with Crippen molar-refractivity contribution in [3.05, 3.63) is 44.3 Å². The van der Waals surface area contributed by atoms with E-state index in [-0.39, 0.29) is 0 Å². The monoisotopic (exact) mass is 321 g/mol. The molecule has 0 radical (unpaired) electrons. The Labute approximate surface area is 135 Å². The van der Waals surface area contributed by atoms with Crippen LogP contribution in [0, 0.1) is 0 Å². The average molecular weight is 322 g/mol. The molecule has 3 nitrogen and oxygen atoms in total. The van der Waals surface area contributed by atoms with Crippen molar-refractivity contribution in [2.45, 2.75) is 33.2 Å². The molecule has 0 aliphatic carbocycles. The molecule has 0 unspecified atom stereocenters. The van der Waals surface area contributed by atoms with Gasteiger partial charge in [0.05, 0.1) is 6.54 Å². The summed E-state index contributed by atoms with van der Waals surface area (Å²) in [7, 11) is 0. The van der Waals surface area contributed by atoms with Gasteiger partial charge in [0.15, 0.2) is 5.96 Å². The van der Waals surface area contributed by atoms with Crippen molar-refractivity contribution in [1.82, 2.24) is 10.6 Å². The zero-order valence-corrected chi connectivity index (χ0v) is 14.3. The molecule has 0 amide bonds. The molecular weight excluding hydrogens is 298 g/mol. The second kappa shape index (κ2) is 8.85. The molecule has 0 bridgehead atoms. The van der Waals surface area contributed by atoms with E-state index in [0.717, 1.165) is 38.4 Å². The summed E-state index contributed by atoms with van der Waals surface area (Å²) < 4.78 is 0. The maximum absolute atomic E-state index is 4.66. The smallest absolute Gasteiger partial charge is 0.191 e. The first-order chi connectivity index (χ1) is 10.3. The number of nitrogens with one attached hydrogen (secondary N) is 2. The lowest BCUT2D eigenvalue weighted by Crippen LogP contribution is -2.38. The summed E-state index contributed by atoms with van der Waals surface area (Å²) in [4.78, 5) is 8.81. The van der Waals surface area contributed by atoms with Crippen molar-refractivity contribution < 1.29 is 0 Å². The van der Waals surface area contributed by atoms with E-state index in [1.165, 1.54) is 14.6 Å². The van der Waals surface area contributed by atoms with E-state index in [1.807, 2.05) is 11.3 Å². The fourth-order valence-electron chi connectivity index (χ4n) is 1.95. The first-order valence-corrected chi connectivity index (χ1v) is 9.13. The number of rotatable bonds is 7. The molecule has 2 aromatic rings. The summed E-state index contributed by atoms with van der Waals surface area (Å²) in [5.41, 5.74) is 0. The number of aliphatic imine (C=N–C) groups is 1. The molecule has 0 aliphatic heterocycles. The van der Waals surface area contributed by atoms with Crippen molar-refractivity contribution in [3.8, 4) is 0 Å². The fourth-order valence-corrected chi connectivity index (χ4v) is 3.55. The maximum atomic E-state index is 4.66.